The maximum Gasteiger partial charge on any atom is 0.243 e. The SMILES string of the molecule is CC(C)c1cc(C(C)C)c(B2c3ccccc3C=Cc3ccccc32)c(C(C)C)c1.CC(C)c1cc(C(C)C)c(B2c3ccccc3C=Cc3ccccc32)c(C(C)C)c1. The summed E-state index contributed by atoms with van der Waals surface area (Å²) in [6.45, 7) is 28.5. The molecule has 2 aliphatic rings. The van der Waals surface area contributed by atoms with E-state index in [1.54, 1.807) is 0 Å². The predicted octanol–water partition coefficient (Wildman–Crippen LogP) is 12.1. The Balaban J connectivity index is 0.000000181. The Morgan fingerprint density at radius 3 is 0.700 bits per heavy atom. The summed E-state index contributed by atoms with van der Waals surface area (Å²) in [7, 11) is 0. The van der Waals surface area contributed by atoms with Crippen molar-refractivity contribution in [2.24, 2.45) is 0 Å². The molecule has 0 saturated heterocycles. The fourth-order valence-electron chi connectivity index (χ4n) is 9.71. The zero-order chi connectivity index (χ0) is 42.8. The van der Waals surface area contributed by atoms with Crippen LogP contribution in [0.1, 0.15) is 174 Å². The van der Waals surface area contributed by atoms with Gasteiger partial charge in [0.2, 0.25) is 13.4 Å². The second kappa shape index (κ2) is 18.3. The molecule has 0 nitrogen and oxygen atoms in total. The molecule has 0 atom stereocenters. The van der Waals surface area contributed by atoms with Crippen LogP contribution in [0.2, 0.25) is 0 Å². The van der Waals surface area contributed by atoms with Gasteiger partial charge in [0.15, 0.2) is 0 Å². The van der Waals surface area contributed by atoms with Crippen LogP contribution >= 0.6 is 0 Å². The Hall–Kier alpha value is -5.07. The quantitative estimate of drug-likeness (QED) is 0.135. The average Bonchev–Trinajstić information content (AvgIpc) is 3.51. The highest BCUT2D eigenvalue weighted by molar-refractivity contribution is 6.97. The monoisotopic (exact) mass is 785 g/mol. The first-order valence-corrected chi connectivity index (χ1v) is 22.8. The van der Waals surface area contributed by atoms with Crippen LogP contribution in [-0.4, -0.2) is 13.4 Å². The first-order chi connectivity index (χ1) is 28.8. The van der Waals surface area contributed by atoms with Gasteiger partial charge in [-0.3, -0.25) is 0 Å². The Bertz CT molecular complexity index is 2190. The van der Waals surface area contributed by atoms with Gasteiger partial charge in [-0.25, -0.2) is 0 Å². The average molecular weight is 785 g/mol. The van der Waals surface area contributed by atoms with E-state index in [-0.39, 0.29) is 13.4 Å². The third-order valence-corrected chi connectivity index (χ3v) is 13.0. The number of rotatable bonds is 8. The molecule has 6 aromatic rings. The van der Waals surface area contributed by atoms with Crippen LogP contribution in [0.4, 0.5) is 0 Å². The van der Waals surface area contributed by atoms with Crippen molar-refractivity contribution in [3.05, 3.63) is 177 Å². The summed E-state index contributed by atoms with van der Waals surface area (Å²) < 4.78 is 0. The van der Waals surface area contributed by atoms with Crippen LogP contribution in [-0.2, 0) is 0 Å². The van der Waals surface area contributed by atoms with Gasteiger partial charge in [0.25, 0.3) is 0 Å². The zero-order valence-corrected chi connectivity index (χ0v) is 38.5. The van der Waals surface area contributed by atoms with Crippen LogP contribution in [0.25, 0.3) is 24.3 Å². The van der Waals surface area contributed by atoms with E-state index in [0.717, 1.165) is 0 Å². The van der Waals surface area contributed by atoms with Crippen molar-refractivity contribution in [1.82, 2.24) is 0 Å². The van der Waals surface area contributed by atoms with E-state index in [1.807, 2.05) is 0 Å². The maximum absolute atomic E-state index is 2.49. The second-order valence-electron chi connectivity index (χ2n) is 19.2. The van der Waals surface area contributed by atoms with E-state index in [2.05, 4.69) is 229 Å². The van der Waals surface area contributed by atoms with Crippen molar-refractivity contribution in [3.63, 3.8) is 0 Å². The summed E-state index contributed by atoms with van der Waals surface area (Å²) in [5.41, 5.74) is 22.9. The fraction of sp³-hybridized carbons (Fsp3) is 0.310. The summed E-state index contributed by atoms with van der Waals surface area (Å²) in [6, 6.07) is 45.7. The molecule has 0 fully saturated rings. The molecule has 0 aromatic heterocycles. The van der Waals surface area contributed by atoms with Crippen LogP contribution in [0.15, 0.2) is 121 Å². The zero-order valence-electron chi connectivity index (χ0n) is 38.5. The highest BCUT2D eigenvalue weighted by Gasteiger charge is 2.34. The van der Waals surface area contributed by atoms with Crippen molar-refractivity contribution in [1.29, 1.82) is 0 Å². The normalized spacial score (nSPS) is 13.0. The first-order valence-electron chi connectivity index (χ1n) is 22.8. The highest BCUT2D eigenvalue weighted by atomic mass is 14.2. The molecule has 2 heteroatoms. The largest absolute Gasteiger partial charge is 0.243 e. The van der Waals surface area contributed by atoms with Crippen LogP contribution in [0.5, 0.6) is 0 Å². The lowest BCUT2D eigenvalue weighted by Crippen LogP contribution is -2.56. The summed E-state index contributed by atoms with van der Waals surface area (Å²) in [5.74, 6) is 2.98. The lowest BCUT2D eigenvalue weighted by molar-refractivity contribution is 0.812. The third kappa shape index (κ3) is 8.59. The van der Waals surface area contributed by atoms with Gasteiger partial charge in [0.05, 0.1) is 0 Å². The topological polar surface area (TPSA) is 0 Å². The van der Waals surface area contributed by atoms with Gasteiger partial charge < -0.3 is 0 Å². The van der Waals surface area contributed by atoms with E-state index >= 15 is 0 Å². The lowest BCUT2D eigenvalue weighted by atomic mass is 9.34. The summed E-state index contributed by atoms with van der Waals surface area (Å²) in [4.78, 5) is 0. The van der Waals surface area contributed by atoms with Gasteiger partial charge >= 0.3 is 0 Å². The van der Waals surface area contributed by atoms with E-state index in [4.69, 9.17) is 0 Å². The molecule has 2 aliphatic heterocycles. The molecule has 0 amide bonds. The van der Waals surface area contributed by atoms with Crippen molar-refractivity contribution >= 4 is 70.5 Å². The Morgan fingerprint density at radius 2 is 0.500 bits per heavy atom. The van der Waals surface area contributed by atoms with E-state index in [9.17, 15) is 0 Å². The van der Waals surface area contributed by atoms with Crippen molar-refractivity contribution in [3.8, 4) is 0 Å². The van der Waals surface area contributed by atoms with Gasteiger partial charge in [-0.1, -0.05) is 261 Å². The van der Waals surface area contributed by atoms with Gasteiger partial charge in [0, 0.05) is 0 Å². The minimum atomic E-state index is 0.253. The smallest absolute Gasteiger partial charge is 0.0664 e. The lowest BCUT2D eigenvalue weighted by Gasteiger charge is -2.28. The van der Waals surface area contributed by atoms with Crippen molar-refractivity contribution < 1.29 is 0 Å². The standard InChI is InChI=1S/2C29H33B/c2*1-19(2)24-17-25(20(3)4)29(26(18-24)21(5)6)30-27-13-9-7-11-22(27)15-16-23-12-8-10-14-28(23)30/h2*7-21H,1-6H3. The van der Waals surface area contributed by atoms with Gasteiger partial charge in [-0.05, 0) is 91.1 Å². The molecule has 0 radical (unpaired) electrons. The highest BCUT2D eigenvalue weighted by Crippen LogP contribution is 2.29. The fourth-order valence-corrected chi connectivity index (χ4v) is 9.71. The van der Waals surface area contributed by atoms with E-state index < -0.39 is 0 Å². The van der Waals surface area contributed by atoms with Gasteiger partial charge in [0.1, 0.15) is 0 Å². The number of hydrogen-bond acceptors (Lipinski definition) is 0. The Kier molecular flexibility index (Phi) is 13.1. The molecule has 304 valence electrons. The van der Waals surface area contributed by atoms with Crippen LogP contribution < -0.4 is 32.8 Å². The molecule has 6 aromatic carbocycles. The summed E-state index contributed by atoms with van der Waals surface area (Å²) in [5, 5.41) is 0. The van der Waals surface area contributed by atoms with Crippen molar-refractivity contribution in [2.45, 2.75) is 119 Å². The van der Waals surface area contributed by atoms with Gasteiger partial charge in [-0.15, -0.1) is 0 Å². The molecule has 0 unspecified atom stereocenters. The number of hydrogen-bond donors (Lipinski definition) is 0. The summed E-state index contributed by atoms with van der Waals surface area (Å²) >= 11 is 0. The minimum absolute atomic E-state index is 0.253. The molecule has 8 rings (SSSR count). The third-order valence-electron chi connectivity index (χ3n) is 13.0. The summed E-state index contributed by atoms with van der Waals surface area (Å²) in [6.07, 6.45) is 9.17. The minimum Gasteiger partial charge on any atom is -0.0664 e. The predicted molar refractivity (Wildman–Crippen MR) is 270 cm³/mol. The molecular formula is C58H66B2. The number of fused-ring (bicyclic) bond motifs is 4. The first kappa shape index (κ1) is 43.0. The molecule has 0 N–H and O–H groups in total. The molecule has 2 heterocycles. The molecule has 0 aliphatic carbocycles. The van der Waals surface area contributed by atoms with Crippen LogP contribution in [0.3, 0.4) is 0 Å². The van der Waals surface area contributed by atoms with Gasteiger partial charge in [-0.2, -0.15) is 0 Å². The molecule has 0 bridgehead atoms. The Morgan fingerprint density at radius 1 is 0.283 bits per heavy atom. The van der Waals surface area contributed by atoms with E-state index in [1.165, 1.54) is 88.4 Å². The second-order valence-corrected chi connectivity index (χ2v) is 19.2. The van der Waals surface area contributed by atoms with Crippen LogP contribution in [0, 0.1) is 0 Å². The molecule has 0 saturated carbocycles. The molecule has 0 spiro atoms. The van der Waals surface area contributed by atoms with Crippen molar-refractivity contribution in [2.75, 3.05) is 0 Å². The maximum atomic E-state index is 2.49. The van der Waals surface area contributed by atoms with E-state index in [0.29, 0.717) is 35.5 Å². The molecular weight excluding hydrogens is 718 g/mol. The number of benzene rings is 6. The molecule has 60 heavy (non-hydrogen) atoms. The Labute approximate surface area is 364 Å².